The fraction of sp³-hybridized carbons (Fsp3) is 0.125. The normalized spacial score (nSPS) is 12.3. The standard InChI is InChI=1S/C16H14BrN3O2S2/c17-13-5-2-6-14(9-13)24(21,22)20-15(16(19)23)8-11-3-1-4-12(7-11)10-18/h1-7,9,15,20H,8H2,(H2,19,23)/t15-/m0/s1. The molecule has 2 aromatic carbocycles. The Morgan fingerprint density at radius 2 is 2.00 bits per heavy atom. The van der Waals surface area contributed by atoms with Gasteiger partial charge in [-0.25, -0.2) is 13.1 Å². The topological polar surface area (TPSA) is 96.0 Å². The average Bonchev–Trinajstić information content (AvgIpc) is 2.54. The van der Waals surface area contributed by atoms with Gasteiger partial charge in [-0.3, -0.25) is 0 Å². The summed E-state index contributed by atoms with van der Waals surface area (Å²) < 4.78 is 28.2. The van der Waals surface area contributed by atoms with E-state index in [1.165, 1.54) is 12.1 Å². The fourth-order valence-electron chi connectivity index (χ4n) is 2.09. The van der Waals surface area contributed by atoms with Crippen molar-refractivity contribution in [1.29, 1.82) is 5.26 Å². The van der Waals surface area contributed by atoms with Crippen LogP contribution in [0.3, 0.4) is 0 Å². The van der Waals surface area contributed by atoms with Gasteiger partial charge in [0, 0.05) is 4.47 Å². The molecule has 2 rings (SSSR count). The second-order valence-electron chi connectivity index (χ2n) is 5.05. The van der Waals surface area contributed by atoms with Crippen molar-refractivity contribution in [2.24, 2.45) is 5.73 Å². The van der Waals surface area contributed by atoms with E-state index in [0.29, 0.717) is 10.0 Å². The van der Waals surface area contributed by atoms with Crippen molar-refractivity contribution in [1.82, 2.24) is 4.72 Å². The quantitative estimate of drug-likeness (QED) is 0.695. The third-order valence-electron chi connectivity index (χ3n) is 3.24. The lowest BCUT2D eigenvalue weighted by Crippen LogP contribution is -2.44. The van der Waals surface area contributed by atoms with E-state index in [2.05, 4.69) is 20.7 Å². The van der Waals surface area contributed by atoms with Gasteiger partial charge in [0.05, 0.1) is 27.6 Å². The van der Waals surface area contributed by atoms with Crippen LogP contribution in [0.2, 0.25) is 0 Å². The molecule has 5 nitrogen and oxygen atoms in total. The summed E-state index contributed by atoms with van der Waals surface area (Å²) in [6.45, 7) is 0. The van der Waals surface area contributed by atoms with Crippen molar-refractivity contribution in [2.75, 3.05) is 0 Å². The summed E-state index contributed by atoms with van der Waals surface area (Å²) in [5.74, 6) is 0. The van der Waals surface area contributed by atoms with Crippen LogP contribution in [0, 0.1) is 11.3 Å². The van der Waals surface area contributed by atoms with E-state index in [-0.39, 0.29) is 16.3 Å². The van der Waals surface area contributed by atoms with E-state index >= 15 is 0 Å². The lowest BCUT2D eigenvalue weighted by Gasteiger charge is -2.18. The van der Waals surface area contributed by atoms with Crippen molar-refractivity contribution < 1.29 is 8.42 Å². The minimum atomic E-state index is -3.78. The Hall–Kier alpha value is -1.79. The van der Waals surface area contributed by atoms with Crippen molar-refractivity contribution in [3.05, 3.63) is 64.1 Å². The smallest absolute Gasteiger partial charge is 0.241 e. The summed E-state index contributed by atoms with van der Waals surface area (Å²) in [6.07, 6.45) is 0.262. The molecule has 0 aliphatic rings. The van der Waals surface area contributed by atoms with E-state index in [1.807, 2.05) is 6.07 Å². The van der Waals surface area contributed by atoms with Crippen LogP contribution in [-0.2, 0) is 16.4 Å². The Bertz CT molecular complexity index is 908. The van der Waals surface area contributed by atoms with Gasteiger partial charge in [-0.1, -0.05) is 46.3 Å². The molecule has 2 aromatic rings. The molecule has 0 saturated heterocycles. The molecule has 3 N–H and O–H groups in total. The van der Waals surface area contributed by atoms with Crippen molar-refractivity contribution >= 4 is 43.2 Å². The molecule has 0 aliphatic carbocycles. The number of nitrogens with zero attached hydrogens (tertiary/aromatic N) is 1. The number of halogens is 1. The zero-order chi connectivity index (χ0) is 17.7. The van der Waals surface area contributed by atoms with Crippen LogP contribution in [-0.4, -0.2) is 19.4 Å². The van der Waals surface area contributed by atoms with Crippen LogP contribution in [0.15, 0.2) is 57.9 Å². The van der Waals surface area contributed by atoms with Crippen LogP contribution < -0.4 is 10.5 Å². The lowest BCUT2D eigenvalue weighted by molar-refractivity contribution is 0.574. The number of hydrogen-bond donors (Lipinski definition) is 2. The average molecular weight is 424 g/mol. The fourth-order valence-corrected chi connectivity index (χ4v) is 4.12. The summed E-state index contributed by atoms with van der Waals surface area (Å²) in [4.78, 5) is 0.153. The molecule has 0 saturated carbocycles. The number of rotatable bonds is 6. The maximum absolute atomic E-state index is 12.5. The Kier molecular flexibility index (Phi) is 6.07. The first-order valence-corrected chi connectivity index (χ1v) is 9.56. The third-order valence-corrected chi connectivity index (χ3v) is 5.49. The number of benzene rings is 2. The van der Waals surface area contributed by atoms with Crippen LogP contribution in [0.1, 0.15) is 11.1 Å². The van der Waals surface area contributed by atoms with E-state index in [0.717, 1.165) is 5.56 Å². The second kappa shape index (κ2) is 7.85. The van der Waals surface area contributed by atoms with Crippen molar-refractivity contribution in [3.8, 4) is 6.07 Å². The van der Waals surface area contributed by atoms with Crippen molar-refractivity contribution in [3.63, 3.8) is 0 Å². The minimum absolute atomic E-state index is 0.0379. The highest BCUT2D eigenvalue weighted by atomic mass is 79.9. The highest BCUT2D eigenvalue weighted by Gasteiger charge is 2.22. The predicted octanol–water partition coefficient (Wildman–Crippen LogP) is 2.50. The predicted molar refractivity (Wildman–Crippen MR) is 99.9 cm³/mol. The molecule has 8 heteroatoms. The molecule has 0 fully saturated rings. The monoisotopic (exact) mass is 423 g/mol. The SMILES string of the molecule is N#Cc1cccc(C[C@H](NS(=O)(=O)c2cccc(Br)c2)C(N)=S)c1. The number of hydrogen-bond acceptors (Lipinski definition) is 4. The minimum Gasteiger partial charge on any atom is -0.392 e. The van der Waals surface area contributed by atoms with Crippen molar-refractivity contribution in [2.45, 2.75) is 17.4 Å². The number of nitriles is 1. The number of sulfonamides is 1. The highest BCUT2D eigenvalue weighted by Crippen LogP contribution is 2.17. The summed E-state index contributed by atoms with van der Waals surface area (Å²) >= 11 is 8.24. The van der Waals surface area contributed by atoms with Gasteiger partial charge >= 0.3 is 0 Å². The van der Waals surface area contributed by atoms with E-state index in [1.54, 1.807) is 36.4 Å². The second-order valence-corrected chi connectivity index (χ2v) is 8.15. The first-order valence-electron chi connectivity index (χ1n) is 6.88. The molecular weight excluding hydrogens is 410 g/mol. The molecule has 1 atom stereocenters. The number of nitrogens with two attached hydrogens (primary N) is 1. The van der Waals surface area contributed by atoms with Gasteiger partial charge < -0.3 is 5.73 Å². The summed E-state index contributed by atoms with van der Waals surface area (Å²) in [6, 6.07) is 14.5. The summed E-state index contributed by atoms with van der Waals surface area (Å²) in [7, 11) is -3.78. The first kappa shape index (κ1) is 18.5. The van der Waals surface area contributed by atoms with E-state index in [9.17, 15) is 8.42 Å². The first-order chi connectivity index (χ1) is 11.3. The van der Waals surface area contributed by atoms with Gasteiger partial charge in [-0.15, -0.1) is 0 Å². The van der Waals surface area contributed by atoms with Gasteiger partial charge in [-0.05, 0) is 42.3 Å². The molecule has 24 heavy (non-hydrogen) atoms. The molecule has 0 bridgehead atoms. The molecule has 0 heterocycles. The van der Waals surface area contributed by atoms with E-state index < -0.39 is 16.1 Å². The van der Waals surface area contributed by atoms with Gasteiger partial charge in [0.2, 0.25) is 10.0 Å². The maximum atomic E-state index is 12.5. The maximum Gasteiger partial charge on any atom is 0.241 e. The number of nitrogens with one attached hydrogen (secondary N) is 1. The van der Waals surface area contributed by atoms with Crippen LogP contribution in [0.4, 0.5) is 0 Å². The van der Waals surface area contributed by atoms with Gasteiger partial charge in [0.1, 0.15) is 0 Å². The zero-order valence-corrected chi connectivity index (χ0v) is 15.7. The third kappa shape index (κ3) is 4.85. The summed E-state index contributed by atoms with van der Waals surface area (Å²) in [5.41, 5.74) is 6.96. The molecule has 0 amide bonds. The molecular formula is C16H14BrN3O2S2. The van der Waals surface area contributed by atoms with Gasteiger partial charge in [-0.2, -0.15) is 5.26 Å². The Balaban J connectivity index is 2.25. The van der Waals surface area contributed by atoms with Crippen LogP contribution in [0.25, 0.3) is 0 Å². The van der Waals surface area contributed by atoms with Crippen LogP contribution >= 0.6 is 28.1 Å². The van der Waals surface area contributed by atoms with Gasteiger partial charge in [0.25, 0.3) is 0 Å². The molecule has 0 aromatic heterocycles. The van der Waals surface area contributed by atoms with E-state index in [4.69, 9.17) is 23.2 Å². The molecule has 124 valence electrons. The lowest BCUT2D eigenvalue weighted by atomic mass is 10.0. The molecule has 0 unspecified atom stereocenters. The largest absolute Gasteiger partial charge is 0.392 e. The Morgan fingerprint density at radius 3 is 2.62 bits per heavy atom. The summed E-state index contributed by atoms with van der Waals surface area (Å²) in [5, 5.41) is 8.95. The molecule has 0 spiro atoms. The molecule has 0 radical (unpaired) electrons. The molecule has 0 aliphatic heterocycles. The van der Waals surface area contributed by atoms with Gasteiger partial charge in [0.15, 0.2) is 0 Å². The number of thiocarbonyl (C=S) groups is 1. The highest BCUT2D eigenvalue weighted by molar-refractivity contribution is 9.10. The van der Waals surface area contributed by atoms with Crippen LogP contribution in [0.5, 0.6) is 0 Å². The zero-order valence-electron chi connectivity index (χ0n) is 12.4. The Morgan fingerprint density at radius 1 is 1.29 bits per heavy atom. The Labute approximate surface area is 154 Å².